The maximum Gasteiger partial charge on any atom is 0.229 e. The highest BCUT2D eigenvalue weighted by Crippen LogP contribution is 2.24. The summed E-state index contributed by atoms with van der Waals surface area (Å²) in [6, 6.07) is 17.8. The van der Waals surface area contributed by atoms with Crippen molar-refractivity contribution in [1.29, 1.82) is 0 Å². The Kier molecular flexibility index (Phi) is 6.18. The molecule has 0 spiro atoms. The van der Waals surface area contributed by atoms with Crippen LogP contribution in [0.25, 0.3) is 0 Å². The fourth-order valence-corrected chi connectivity index (χ4v) is 3.60. The molecule has 3 rings (SSSR count). The molecule has 2 aromatic carbocycles. The molecule has 0 aromatic heterocycles. The number of carbonyl (C=O) groups is 2. The molecule has 1 fully saturated rings. The summed E-state index contributed by atoms with van der Waals surface area (Å²) in [6.45, 7) is 7.74. The number of rotatable bonds is 4. The van der Waals surface area contributed by atoms with Crippen molar-refractivity contribution in [1.82, 2.24) is 4.90 Å². The summed E-state index contributed by atoms with van der Waals surface area (Å²) in [4.78, 5) is 27.2. The van der Waals surface area contributed by atoms with Crippen LogP contribution in [0, 0.1) is 5.92 Å². The number of amides is 2. The van der Waals surface area contributed by atoms with Gasteiger partial charge in [-0.2, -0.15) is 0 Å². The summed E-state index contributed by atoms with van der Waals surface area (Å²) in [7, 11) is 0. The molecule has 1 heterocycles. The molecule has 4 nitrogen and oxygen atoms in total. The molecule has 2 aromatic rings. The van der Waals surface area contributed by atoms with Crippen molar-refractivity contribution in [2.75, 3.05) is 18.4 Å². The molecule has 1 saturated heterocycles. The van der Waals surface area contributed by atoms with Gasteiger partial charge in [-0.05, 0) is 41.5 Å². The van der Waals surface area contributed by atoms with E-state index in [1.54, 1.807) is 0 Å². The molecular weight excluding hydrogens is 348 g/mol. The third-order valence-corrected chi connectivity index (χ3v) is 5.36. The second-order valence-electron chi connectivity index (χ2n) is 8.66. The number of piperidine rings is 1. The third kappa shape index (κ3) is 5.22. The number of anilines is 1. The second kappa shape index (κ2) is 8.59. The quantitative estimate of drug-likeness (QED) is 0.857. The Morgan fingerprint density at radius 1 is 1.04 bits per heavy atom. The Balaban J connectivity index is 1.57. The van der Waals surface area contributed by atoms with Gasteiger partial charge in [0.2, 0.25) is 11.8 Å². The van der Waals surface area contributed by atoms with E-state index in [4.69, 9.17) is 0 Å². The number of carbonyl (C=O) groups excluding carboxylic acids is 2. The first-order chi connectivity index (χ1) is 13.3. The van der Waals surface area contributed by atoms with Gasteiger partial charge in [0.05, 0.1) is 12.3 Å². The van der Waals surface area contributed by atoms with Gasteiger partial charge in [-0.15, -0.1) is 0 Å². The summed E-state index contributed by atoms with van der Waals surface area (Å²) in [5.74, 6) is -0.0604. The fraction of sp³-hybridized carbons (Fsp3) is 0.417. The van der Waals surface area contributed by atoms with Crippen LogP contribution < -0.4 is 5.32 Å². The number of benzene rings is 2. The average molecular weight is 379 g/mol. The van der Waals surface area contributed by atoms with Crippen molar-refractivity contribution in [2.45, 2.75) is 45.4 Å². The van der Waals surface area contributed by atoms with Crippen LogP contribution in [0.3, 0.4) is 0 Å². The lowest BCUT2D eigenvalue weighted by Crippen LogP contribution is -2.44. The summed E-state index contributed by atoms with van der Waals surface area (Å²) in [5.41, 5.74) is 3.15. The van der Waals surface area contributed by atoms with Crippen LogP contribution >= 0.6 is 0 Å². The first-order valence-electron chi connectivity index (χ1n) is 10.1. The molecule has 0 radical (unpaired) electrons. The minimum atomic E-state index is -0.157. The van der Waals surface area contributed by atoms with E-state index in [0.29, 0.717) is 13.0 Å². The van der Waals surface area contributed by atoms with Crippen molar-refractivity contribution < 1.29 is 9.59 Å². The van der Waals surface area contributed by atoms with E-state index >= 15 is 0 Å². The van der Waals surface area contributed by atoms with E-state index in [-0.39, 0.29) is 23.1 Å². The molecule has 4 heteroatoms. The highest BCUT2D eigenvalue weighted by Gasteiger charge is 2.28. The number of hydrogen-bond donors (Lipinski definition) is 1. The van der Waals surface area contributed by atoms with Crippen LogP contribution in [0.1, 0.15) is 44.7 Å². The Labute approximate surface area is 167 Å². The average Bonchev–Trinajstić information content (AvgIpc) is 2.68. The SMILES string of the molecule is CC(C)(C)c1ccc(NC(=O)C2CCCN(C(=O)Cc3ccccc3)C2)cc1. The molecular formula is C24H30N2O2. The highest BCUT2D eigenvalue weighted by molar-refractivity contribution is 5.93. The minimum Gasteiger partial charge on any atom is -0.342 e. The molecule has 148 valence electrons. The van der Waals surface area contributed by atoms with Crippen LogP contribution in [-0.2, 0) is 21.4 Å². The Hall–Kier alpha value is -2.62. The van der Waals surface area contributed by atoms with Gasteiger partial charge in [-0.1, -0.05) is 63.2 Å². The minimum absolute atomic E-state index is 0.000666. The largest absolute Gasteiger partial charge is 0.342 e. The van der Waals surface area contributed by atoms with Crippen LogP contribution in [0.5, 0.6) is 0 Å². The van der Waals surface area contributed by atoms with Gasteiger partial charge in [0.15, 0.2) is 0 Å². The number of nitrogens with zero attached hydrogens (tertiary/aromatic N) is 1. The lowest BCUT2D eigenvalue weighted by atomic mass is 9.87. The lowest BCUT2D eigenvalue weighted by molar-refractivity contribution is -0.133. The molecule has 1 unspecified atom stereocenters. The van der Waals surface area contributed by atoms with Gasteiger partial charge < -0.3 is 10.2 Å². The Morgan fingerprint density at radius 3 is 2.36 bits per heavy atom. The molecule has 28 heavy (non-hydrogen) atoms. The molecule has 1 aliphatic rings. The van der Waals surface area contributed by atoms with Crippen LogP contribution in [0.2, 0.25) is 0 Å². The van der Waals surface area contributed by atoms with E-state index in [1.807, 2.05) is 47.4 Å². The maximum atomic E-state index is 12.7. The van der Waals surface area contributed by atoms with Crippen LogP contribution in [0.4, 0.5) is 5.69 Å². The Bertz CT molecular complexity index is 807. The van der Waals surface area contributed by atoms with Crippen molar-refractivity contribution in [3.63, 3.8) is 0 Å². The first-order valence-corrected chi connectivity index (χ1v) is 10.1. The normalized spacial score (nSPS) is 17.2. The van der Waals surface area contributed by atoms with Gasteiger partial charge in [-0.3, -0.25) is 9.59 Å². The summed E-state index contributed by atoms with van der Waals surface area (Å²) >= 11 is 0. The van der Waals surface area contributed by atoms with Gasteiger partial charge >= 0.3 is 0 Å². The van der Waals surface area contributed by atoms with Crippen molar-refractivity contribution in [2.24, 2.45) is 5.92 Å². The zero-order valence-corrected chi connectivity index (χ0v) is 17.1. The molecule has 1 N–H and O–H groups in total. The zero-order valence-electron chi connectivity index (χ0n) is 17.1. The van der Waals surface area contributed by atoms with Crippen LogP contribution in [0.15, 0.2) is 54.6 Å². The van der Waals surface area contributed by atoms with Gasteiger partial charge in [0, 0.05) is 18.8 Å². The summed E-state index contributed by atoms with van der Waals surface area (Å²) < 4.78 is 0. The van der Waals surface area contributed by atoms with E-state index in [1.165, 1.54) is 5.56 Å². The van der Waals surface area contributed by atoms with Crippen LogP contribution in [-0.4, -0.2) is 29.8 Å². The fourth-order valence-electron chi connectivity index (χ4n) is 3.60. The number of hydrogen-bond acceptors (Lipinski definition) is 2. The maximum absolute atomic E-state index is 12.7. The highest BCUT2D eigenvalue weighted by atomic mass is 16.2. The molecule has 0 aliphatic carbocycles. The van der Waals surface area contributed by atoms with E-state index in [9.17, 15) is 9.59 Å². The van der Waals surface area contributed by atoms with Crippen molar-refractivity contribution >= 4 is 17.5 Å². The predicted molar refractivity (Wildman–Crippen MR) is 113 cm³/mol. The van der Waals surface area contributed by atoms with Crippen molar-refractivity contribution in [3.8, 4) is 0 Å². The predicted octanol–water partition coefficient (Wildman–Crippen LogP) is 4.40. The molecule has 2 amide bonds. The van der Waals surface area contributed by atoms with E-state index < -0.39 is 0 Å². The topological polar surface area (TPSA) is 49.4 Å². The molecule has 0 saturated carbocycles. The van der Waals surface area contributed by atoms with Gasteiger partial charge in [0.25, 0.3) is 0 Å². The Morgan fingerprint density at radius 2 is 1.71 bits per heavy atom. The standard InChI is InChI=1S/C24H30N2O2/c1-24(2,3)20-11-13-21(14-12-20)25-23(28)19-10-7-15-26(17-19)22(27)16-18-8-5-4-6-9-18/h4-6,8-9,11-14,19H,7,10,15-17H2,1-3H3,(H,25,28). The number of nitrogens with one attached hydrogen (secondary N) is 1. The van der Waals surface area contributed by atoms with Gasteiger partial charge in [0.1, 0.15) is 0 Å². The molecule has 1 aliphatic heterocycles. The van der Waals surface area contributed by atoms with E-state index in [0.717, 1.165) is 30.6 Å². The lowest BCUT2D eigenvalue weighted by Gasteiger charge is -2.32. The zero-order chi connectivity index (χ0) is 20.1. The second-order valence-corrected chi connectivity index (χ2v) is 8.66. The molecule has 0 bridgehead atoms. The summed E-state index contributed by atoms with van der Waals surface area (Å²) in [6.07, 6.45) is 2.08. The van der Waals surface area contributed by atoms with Crippen molar-refractivity contribution in [3.05, 3.63) is 65.7 Å². The third-order valence-electron chi connectivity index (χ3n) is 5.36. The molecule has 1 atom stereocenters. The smallest absolute Gasteiger partial charge is 0.229 e. The monoisotopic (exact) mass is 378 g/mol. The first kappa shape index (κ1) is 20.1. The number of likely N-dealkylation sites (tertiary alicyclic amines) is 1. The summed E-state index contributed by atoms with van der Waals surface area (Å²) in [5, 5.41) is 3.02. The van der Waals surface area contributed by atoms with E-state index in [2.05, 4.69) is 38.2 Å². The van der Waals surface area contributed by atoms with Gasteiger partial charge in [-0.25, -0.2) is 0 Å².